The highest BCUT2D eigenvalue weighted by atomic mass is 35.5. The summed E-state index contributed by atoms with van der Waals surface area (Å²) in [6.45, 7) is 0. The molecule has 0 saturated heterocycles. The van der Waals surface area contributed by atoms with Gasteiger partial charge in [0.25, 0.3) is 10.1 Å². The van der Waals surface area contributed by atoms with Crippen LogP contribution in [0.5, 0.6) is 0 Å². The molecule has 19 heavy (non-hydrogen) atoms. The summed E-state index contributed by atoms with van der Waals surface area (Å²) in [5.41, 5.74) is -0.939. The molecule has 2 rings (SSSR count). The Morgan fingerprint density at radius 2 is 1.47 bits per heavy atom. The summed E-state index contributed by atoms with van der Waals surface area (Å²) in [7, 11) is -4.56. The van der Waals surface area contributed by atoms with Crippen LogP contribution >= 0.6 is 12.4 Å². The molecule has 104 valence electrons. The number of hydrogen-bond donors (Lipinski definition) is 1. The van der Waals surface area contributed by atoms with Crippen LogP contribution < -0.4 is 0 Å². The average molecular weight is 313 g/mol. The van der Waals surface area contributed by atoms with E-state index in [0.717, 1.165) is 30.3 Å². The maximum Gasteiger partial charge on any atom is 0.417 e. The van der Waals surface area contributed by atoms with E-state index in [1.165, 1.54) is 6.07 Å². The first-order valence-corrected chi connectivity index (χ1v) is 6.22. The fourth-order valence-corrected chi connectivity index (χ4v) is 2.46. The van der Waals surface area contributed by atoms with Crippen LogP contribution in [-0.4, -0.2) is 13.0 Å². The van der Waals surface area contributed by atoms with Crippen LogP contribution in [0.15, 0.2) is 41.3 Å². The van der Waals surface area contributed by atoms with Gasteiger partial charge in [0.1, 0.15) is 4.90 Å². The summed E-state index contributed by atoms with van der Waals surface area (Å²) in [6.07, 6.45) is -4.59. The molecule has 3 nitrogen and oxygen atoms in total. The second-order valence-electron chi connectivity index (χ2n) is 3.63. The smallest absolute Gasteiger partial charge is 0.282 e. The van der Waals surface area contributed by atoms with E-state index < -0.39 is 26.8 Å². The first kappa shape index (κ1) is 15.7. The van der Waals surface area contributed by atoms with Crippen molar-refractivity contribution in [3.05, 3.63) is 42.0 Å². The van der Waals surface area contributed by atoms with Gasteiger partial charge < -0.3 is 0 Å². The maximum absolute atomic E-state index is 12.7. The van der Waals surface area contributed by atoms with Crippen LogP contribution in [0.3, 0.4) is 0 Å². The first-order chi connectivity index (χ1) is 8.21. The number of fused-ring (bicyclic) bond motifs is 1. The van der Waals surface area contributed by atoms with Crippen LogP contribution in [0, 0.1) is 0 Å². The lowest BCUT2D eigenvalue weighted by molar-refractivity contribution is -0.136. The van der Waals surface area contributed by atoms with E-state index in [1.54, 1.807) is 0 Å². The molecule has 0 amide bonds. The van der Waals surface area contributed by atoms with Gasteiger partial charge in [0.15, 0.2) is 0 Å². The van der Waals surface area contributed by atoms with E-state index in [2.05, 4.69) is 0 Å². The summed E-state index contributed by atoms with van der Waals surface area (Å²) in [4.78, 5) is -0.536. The van der Waals surface area contributed by atoms with Gasteiger partial charge in [0.2, 0.25) is 0 Å². The van der Waals surface area contributed by atoms with E-state index in [9.17, 15) is 21.6 Å². The number of alkyl halides is 3. The van der Waals surface area contributed by atoms with E-state index in [4.69, 9.17) is 4.55 Å². The molecule has 0 bridgehead atoms. The lowest BCUT2D eigenvalue weighted by atomic mass is 10.0. The standard InChI is InChI=1S/C11H7F3O3S.ClH/c12-11(13,14)9-5-1-4-8-7(9)3-2-6-10(8)18(15,16)17;/h1-6H,(H,15,16,17);1H. The van der Waals surface area contributed by atoms with Crippen molar-refractivity contribution in [1.82, 2.24) is 0 Å². The Morgan fingerprint density at radius 1 is 0.947 bits per heavy atom. The number of rotatable bonds is 1. The number of hydrogen-bond acceptors (Lipinski definition) is 2. The number of benzene rings is 2. The molecule has 0 spiro atoms. The maximum atomic E-state index is 12.7. The van der Waals surface area contributed by atoms with Crippen molar-refractivity contribution in [2.75, 3.05) is 0 Å². The lowest BCUT2D eigenvalue weighted by Crippen LogP contribution is -2.07. The molecule has 0 aliphatic carbocycles. The fourth-order valence-electron chi connectivity index (χ4n) is 1.75. The predicted molar refractivity (Wildman–Crippen MR) is 66.0 cm³/mol. The normalized spacial score (nSPS) is 12.2. The molecule has 0 atom stereocenters. The lowest BCUT2D eigenvalue weighted by Gasteiger charge is -2.11. The van der Waals surface area contributed by atoms with Gasteiger partial charge in [-0.15, -0.1) is 12.4 Å². The van der Waals surface area contributed by atoms with Crippen molar-refractivity contribution in [3.8, 4) is 0 Å². The van der Waals surface area contributed by atoms with Crippen molar-refractivity contribution >= 4 is 33.3 Å². The monoisotopic (exact) mass is 312 g/mol. The molecule has 2 aromatic rings. The van der Waals surface area contributed by atoms with E-state index in [1.807, 2.05) is 0 Å². The van der Waals surface area contributed by atoms with Crippen LogP contribution in [0.25, 0.3) is 10.8 Å². The third kappa shape index (κ3) is 2.99. The zero-order chi connectivity index (χ0) is 13.6. The molecule has 2 aromatic carbocycles. The van der Waals surface area contributed by atoms with Crippen LogP contribution in [0.2, 0.25) is 0 Å². The van der Waals surface area contributed by atoms with Gasteiger partial charge in [0, 0.05) is 5.39 Å². The molecule has 8 heteroatoms. The van der Waals surface area contributed by atoms with Crippen LogP contribution in [0.1, 0.15) is 5.56 Å². The quantitative estimate of drug-likeness (QED) is 0.820. The molecule has 0 saturated carbocycles. The van der Waals surface area contributed by atoms with Crippen LogP contribution in [0.4, 0.5) is 13.2 Å². The van der Waals surface area contributed by atoms with Gasteiger partial charge in [-0.2, -0.15) is 21.6 Å². The summed E-state index contributed by atoms with van der Waals surface area (Å²) in [5.74, 6) is 0. The second kappa shape index (κ2) is 4.99. The SMILES string of the molecule is Cl.O=S(=O)(O)c1cccc2c(C(F)(F)F)cccc12. The average Bonchev–Trinajstić information content (AvgIpc) is 2.24. The van der Waals surface area contributed by atoms with Gasteiger partial charge in [-0.1, -0.05) is 24.3 Å². The molecular weight excluding hydrogens is 305 g/mol. The Kier molecular flexibility index (Phi) is 4.14. The Balaban J connectivity index is 0.00000180. The Labute approximate surface area is 113 Å². The minimum Gasteiger partial charge on any atom is -0.282 e. The molecule has 0 aliphatic rings. The molecular formula is C11H8ClF3O3S. The van der Waals surface area contributed by atoms with Crippen molar-refractivity contribution < 1.29 is 26.1 Å². The van der Waals surface area contributed by atoms with Crippen molar-refractivity contribution in [1.29, 1.82) is 0 Å². The Bertz CT molecular complexity index is 711. The highest BCUT2D eigenvalue weighted by Gasteiger charge is 2.32. The fraction of sp³-hybridized carbons (Fsp3) is 0.0909. The summed E-state index contributed by atoms with van der Waals surface area (Å²) >= 11 is 0. The predicted octanol–water partition coefficient (Wildman–Crippen LogP) is 3.53. The van der Waals surface area contributed by atoms with Crippen molar-refractivity contribution in [2.24, 2.45) is 0 Å². The molecule has 0 heterocycles. The van der Waals surface area contributed by atoms with Gasteiger partial charge in [-0.05, 0) is 17.5 Å². The highest BCUT2D eigenvalue weighted by molar-refractivity contribution is 7.86. The van der Waals surface area contributed by atoms with Gasteiger partial charge in [0.05, 0.1) is 5.56 Å². The third-order valence-corrected chi connectivity index (χ3v) is 3.38. The van der Waals surface area contributed by atoms with E-state index >= 15 is 0 Å². The molecule has 0 fully saturated rings. The Hall–Kier alpha value is -1.31. The van der Waals surface area contributed by atoms with E-state index in [-0.39, 0.29) is 23.2 Å². The molecule has 1 N–H and O–H groups in total. The van der Waals surface area contributed by atoms with Crippen molar-refractivity contribution in [2.45, 2.75) is 11.1 Å². The van der Waals surface area contributed by atoms with Crippen molar-refractivity contribution in [3.63, 3.8) is 0 Å². The first-order valence-electron chi connectivity index (χ1n) is 4.78. The number of halogens is 4. The largest absolute Gasteiger partial charge is 0.417 e. The summed E-state index contributed by atoms with van der Waals surface area (Å²) in [5, 5.41) is -0.421. The summed E-state index contributed by atoms with van der Waals surface area (Å²) in [6, 6.07) is 6.54. The third-order valence-electron chi connectivity index (χ3n) is 2.47. The molecule has 0 aliphatic heterocycles. The van der Waals surface area contributed by atoms with E-state index in [0.29, 0.717) is 0 Å². The minimum absolute atomic E-state index is 0. The summed E-state index contributed by atoms with van der Waals surface area (Å²) < 4.78 is 69.3. The zero-order valence-electron chi connectivity index (χ0n) is 9.18. The van der Waals surface area contributed by atoms with Gasteiger partial charge in [-0.25, -0.2) is 0 Å². The molecule has 0 radical (unpaired) electrons. The topological polar surface area (TPSA) is 54.4 Å². The molecule has 0 unspecified atom stereocenters. The van der Waals surface area contributed by atoms with Gasteiger partial charge in [-0.3, -0.25) is 4.55 Å². The highest BCUT2D eigenvalue weighted by Crippen LogP contribution is 2.36. The zero-order valence-corrected chi connectivity index (χ0v) is 10.8. The van der Waals surface area contributed by atoms with Gasteiger partial charge >= 0.3 is 6.18 Å². The minimum atomic E-state index is -4.59. The Morgan fingerprint density at radius 3 is 2.00 bits per heavy atom. The second-order valence-corrected chi connectivity index (χ2v) is 5.02. The molecule has 0 aromatic heterocycles. The van der Waals surface area contributed by atoms with Crippen LogP contribution in [-0.2, 0) is 16.3 Å².